The Morgan fingerprint density at radius 3 is 2.11 bits per heavy atom. The molecule has 1 fully saturated rings. The van der Waals surface area contributed by atoms with E-state index >= 15 is 0 Å². The van der Waals surface area contributed by atoms with Crippen LogP contribution in [0.4, 0.5) is 0 Å². The lowest BCUT2D eigenvalue weighted by Gasteiger charge is -2.26. The first-order valence-electron chi connectivity index (χ1n) is 6.70. The number of hydrogen-bond donors (Lipinski definition) is 0. The lowest BCUT2D eigenvalue weighted by molar-refractivity contribution is 0.120. The van der Waals surface area contributed by atoms with Gasteiger partial charge in [0.05, 0.1) is 6.10 Å². The highest BCUT2D eigenvalue weighted by Gasteiger charge is 2.18. The Morgan fingerprint density at radius 2 is 1.50 bits per heavy atom. The zero-order valence-corrected chi connectivity index (χ0v) is 10.5. The van der Waals surface area contributed by atoms with Gasteiger partial charge in [0.2, 0.25) is 0 Å². The fraction of sp³-hybridized carbons (Fsp3) is 0.294. The second-order valence-corrected chi connectivity index (χ2v) is 4.98. The lowest BCUT2D eigenvalue weighted by Crippen LogP contribution is -2.24. The second kappa shape index (κ2) is 5.26. The minimum Gasteiger partial charge on any atom is -0.490 e. The van der Waals surface area contributed by atoms with Gasteiger partial charge in [0.1, 0.15) is 5.75 Å². The van der Waals surface area contributed by atoms with Crippen molar-refractivity contribution < 1.29 is 4.74 Å². The highest BCUT2D eigenvalue weighted by molar-refractivity contribution is 5.31. The van der Waals surface area contributed by atoms with Gasteiger partial charge in [-0.1, -0.05) is 42.5 Å². The van der Waals surface area contributed by atoms with Crippen molar-refractivity contribution in [2.45, 2.75) is 31.8 Å². The molecule has 1 nitrogen and oxygen atoms in total. The quantitative estimate of drug-likeness (QED) is 0.775. The van der Waals surface area contributed by atoms with Crippen molar-refractivity contribution in [1.29, 1.82) is 0 Å². The predicted octanol–water partition coefficient (Wildman–Crippen LogP) is 4.21. The minimum atomic E-state index is 0.463. The van der Waals surface area contributed by atoms with E-state index in [1.807, 2.05) is 0 Å². The maximum absolute atomic E-state index is 5.86. The molecule has 18 heavy (non-hydrogen) atoms. The van der Waals surface area contributed by atoms with Crippen LogP contribution in [0.1, 0.15) is 30.4 Å². The molecule has 0 heterocycles. The molecule has 0 aliphatic heterocycles. The number of ether oxygens (including phenoxy) is 1. The van der Waals surface area contributed by atoms with Crippen LogP contribution in [0, 0.1) is 0 Å². The largest absolute Gasteiger partial charge is 0.490 e. The van der Waals surface area contributed by atoms with Gasteiger partial charge in [-0.25, -0.2) is 0 Å². The van der Waals surface area contributed by atoms with Crippen molar-refractivity contribution in [3.63, 3.8) is 0 Å². The fourth-order valence-electron chi connectivity index (χ4n) is 2.20. The van der Waals surface area contributed by atoms with Crippen LogP contribution in [0.25, 0.3) is 0 Å². The molecule has 0 N–H and O–H groups in total. The summed E-state index contributed by atoms with van der Waals surface area (Å²) >= 11 is 0. The summed E-state index contributed by atoms with van der Waals surface area (Å²) in [5.41, 5.74) is 2.69. The topological polar surface area (TPSA) is 9.23 Å². The van der Waals surface area contributed by atoms with Crippen molar-refractivity contribution in [3.05, 3.63) is 65.7 Å². The van der Waals surface area contributed by atoms with Crippen LogP contribution in [-0.2, 0) is 6.42 Å². The molecule has 0 bridgehead atoms. The third-order valence-corrected chi connectivity index (χ3v) is 3.53. The second-order valence-electron chi connectivity index (χ2n) is 4.98. The zero-order chi connectivity index (χ0) is 12.2. The Morgan fingerprint density at radius 1 is 0.833 bits per heavy atom. The van der Waals surface area contributed by atoms with Crippen molar-refractivity contribution in [3.8, 4) is 5.75 Å². The van der Waals surface area contributed by atoms with E-state index in [0.29, 0.717) is 6.10 Å². The number of rotatable bonds is 4. The molecular formula is C17H18O. The van der Waals surface area contributed by atoms with Gasteiger partial charge in [-0.15, -0.1) is 0 Å². The molecule has 1 aliphatic carbocycles. The predicted molar refractivity (Wildman–Crippen MR) is 74.0 cm³/mol. The molecule has 1 saturated carbocycles. The van der Waals surface area contributed by atoms with Crippen LogP contribution in [-0.4, -0.2) is 6.10 Å². The maximum atomic E-state index is 5.86. The molecule has 2 aromatic rings. The van der Waals surface area contributed by atoms with Gasteiger partial charge < -0.3 is 4.74 Å². The van der Waals surface area contributed by atoms with E-state index in [9.17, 15) is 0 Å². The summed E-state index contributed by atoms with van der Waals surface area (Å²) in [4.78, 5) is 0. The van der Waals surface area contributed by atoms with Gasteiger partial charge >= 0.3 is 0 Å². The average molecular weight is 238 g/mol. The monoisotopic (exact) mass is 238 g/mol. The van der Waals surface area contributed by atoms with E-state index in [-0.39, 0.29) is 0 Å². The maximum Gasteiger partial charge on any atom is 0.119 e. The fourth-order valence-corrected chi connectivity index (χ4v) is 2.20. The molecule has 92 valence electrons. The molecule has 0 unspecified atom stereocenters. The van der Waals surface area contributed by atoms with E-state index in [1.54, 1.807) is 0 Å². The normalized spacial score (nSPS) is 15.1. The highest BCUT2D eigenvalue weighted by atomic mass is 16.5. The molecule has 2 aromatic carbocycles. The average Bonchev–Trinajstić information content (AvgIpc) is 2.37. The van der Waals surface area contributed by atoms with Gasteiger partial charge in [-0.3, -0.25) is 0 Å². The summed E-state index contributed by atoms with van der Waals surface area (Å²) in [5, 5.41) is 0. The first-order valence-corrected chi connectivity index (χ1v) is 6.70. The lowest BCUT2D eigenvalue weighted by atomic mass is 9.96. The summed E-state index contributed by atoms with van der Waals surface area (Å²) in [6.45, 7) is 0. The molecule has 0 aromatic heterocycles. The van der Waals surface area contributed by atoms with Crippen molar-refractivity contribution in [2.24, 2.45) is 0 Å². The van der Waals surface area contributed by atoms with E-state index in [2.05, 4.69) is 54.6 Å². The first-order chi connectivity index (χ1) is 8.90. The van der Waals surface area contributed by atoms with Gasteiger partial charge in [0.15, 0.2) is 0 Å². The smallest absolute Gasteiger partial charge is 0.119 e. The molecule has 0 radical (unpaired) electrons. The number of hydrogen-bond acceptors (Lipinski definition) is 1. The zero-order valence-electron chi connectivity index (χ0n) is 10.5. The van der Waals surface area contributed by atoms with Gasteiger partial charge in [-0.2, -0.15) is 0 Å². The number of benzene rings is 2. The Kier molecular flexibility index (Phi) is 3.31. The summed E-state index contributed by atoms with van der Waals surface area (Å²) in [7, 11) is 0. The first kappa shape index (κ1) is 11.3. The van der Waals surface area contributed by atoms with E-state index in [0.717, 1.165) is 12.2 Å². The van der Waals surface area contributed by atoms with E-state index in [4.69, 9.17) is 4.74 Å². The third-order valence-electron chi connectivity index (χ3n) is 3.53. The van der Waals surface area contributed by atoms with Crippen molar-refractivity contribution in [2.75, 3.05) is 0 Å². The molecule has 0 amide bonds. The Balaban J connectivity index is 1.63. The van der Waals surface area contributed by atoms with Crippen molar-refractivity contribution in [1.82, 2.24) is 0 Å². The molecule has 3 rings (SSSR count). The van der Waals surface area contributed by atoms with Gasteiger partial charge in [-0.05, 0) is 48.9 Å². The molecule has 1 aliphatic rings. The van der Waals surface area contributed by atoms with Crippen LogP contribution in [0.2, 0.25) is 0 Å². The summed E-state index contributed by atoms with van der Waals surface area (Å²) < 4.78 is 5.86. The highest BCUT2D eigenvalue weighted by Crippen LogP contribution is 2.25. The Bertz CT molecular complexity index is 483. The Hall–Kier alpha value is -1.76. The SMILES string of the molecule is c1ccc(Cc2ccc(OC3CCC3)cc2)cc1. The van der Waals surface area contributed by atoms with Crippen LogP contribution in [0.5, 0.6) is 5.75 Å². The van der Waals surface area contributed by atoms with Crippen LogP contribution >= 0.6 is 0 Å². The molecule has 1 heteroatoms. The molecule has 0 atom stereocenters. The van der Waals surface area contributed by atoms with Crippen LogP contribution in [0.3, 0.4) is 0 Å². The van der Waals surface area contributed by atoms with Crippen molar-refractivity contribution >= 4 is 0 Å². The molecule has 0 saturated heterocycles. The molecular weight excluding hydrogens is 220 g/mol. The van der Waals surface area contributed by atoms with Crippen LogP contribution < -0.4 is 4.74 Å². The van der Waals surface area contributed by atoms with E-state index < -0.39 is 0 Å². The van der Waals surface area contributed by atoms with Gasteiger partial charge in [0.25, 0.3) is 0 Å². The third kappa shape index (κ3) is 2.73. The standard InChI is InChI=1S/C17H18O/c1-2-5-14(6-3-1)13-15-9-11-17(12-10-15)18-16-7-4-8-16/h1-3,5-6,9-12,16H,4,7-8,13H2. The summed E-state index contributed by atoms with van der Waals surface area (Å²) in [6, 6.07) is 19.1. The van der Waals surface area contributed by atoms with E-state index in [1.165, 1.54) is 30.4 Å². The summed E-state index contributed by atoms with van der Waals surface area (Å²) in [5.74, 6) is 1.01. The minimum absolute atomic E-state index is 0.463. The van der Waals surface area contributed by atoms with Gasteiger partial charge in [0, 0.05) is 0 Å². The molecule has 0 spiro atoms. The summed E-state index contributed by atoms with van der Waals surface area (Å²) in [6.07, 6.45) is 5.20. The Labute approximate surface area is 108 Å². The van der Waals surface area contributed by atoms with Crippen LogP contribution in [0.15, 0.2) is 54.6 Å².